The van der Waals surface area contributed by atoms with E-state index in [4.69, 9.17) is 13.8 Å². The number of aryl methyl sites for hydroxylation is 1. The highest BCUT2D eigenvalue weighted by Gasteiger charge is 2.33. The maximum absolute atomic E-state index is 9.65. The molecule has 0 N–H and O–H groups in total. The molecule has 82 heavy (non-hydrogen) atoms. The van der Waals surface area contributed by atoms with Crippen LogP contribution < -0.4 is 14.5 Å². The number of nitrogens with zero attached hydrogens (tertiary/aromatic N) is 4. The molecule has 0 aliphatic carbocycles. The molecule has 0 bridgehead atoms. The molecule has 5 nitrogen and oxygen atoms in total. The van der Waals surface area contributed by atoms with E-state index < -0.39 is 6.85 Å². The summed E-state index contributed by atoms with van der Waals surface area (Å²) < 4.78 is 63.5. The largest absolute Gasteiger partial charge is 0.457 e. The molecule has 0 fully saturated rings. The summed E-state index contributed by atoms with van der Waals surface area (Å²) in [5, 5.41) is 1.84. The fraction of sp³-hybridized carbons (Fsp3) is 0.234. The van der Waals surface area contributed by atoms with Gasteiger partial charge in [0.15, 0.2) is 0 Å². The maximum atomic E-state index is 9.65. The number of anilines is 4. The van der Waals surface area contributed by atoms with Gasteiger partial charge in [0.1, 0.15) is 24.0 Å². The lowest BCUT2D eigenvalue weighted by molar-refractivity contribution is 0.483. The highest BCUT2D eigenvalue weighted by molar-refractivity contribution is 6.09. The van der Waals surface area contributed by atoms with Gasteiger partial charge in [0.25, 0.3) is 0 Å². The van der Waals surface area contributed by atoms with E-state index in [1.807, 2.05) is 71.3 Å². The Balaban J connectivity index is 0.977. The van der Waals surface area contributed by atoms with Crippen LogP contribution in [0, 0.1) is 6.85 Å². The van der Waals surface area contributed by atoms with Crippen molar-refractivity contribution in [1.29, 1.82) is 0 Å². The van der Waals surface area contributed by atoms with Crippen LogP contribution in [0.15, 0.2) is 212 Å². The third kappa shape index (κ3) is 10.3. The maximum Gasteiger partial charge on any atom is 0.137 e. The minimum absolute atomic E-state index is 0.00344. The Labute approximate surface area is 495 Å². The second-order valence-electron chi connectivity index (χ2n) is 26.2. The van der Waals surface area contributed by atoms with Gasteiger partial charge in [-0.1, -0.05) is 217 Å². The highest BCUT2D eigenvalue weighted by atomic mass is 16.5. The first-order valence-electron chi connectivity index (χ1n) is 31.6. The molecular weight excluding hydrogens is 997 g/mol. The molecule has 9 aromatic carbocycles. The molecule has 0 unspecified atom stereocenters. The van der Waals surface area contributed by atoms with Crippen molar-refractivity contribution in [2.75, 3.05) is 16.5 Å². The lowest BCUT2D eigenvalue weighted by atomic mass is 9.80. The quantitative estimate of drug-likeness (QED) is 0.144. The van der Waals surface area contributed by atoms with Gasteiger partial charge >= 0.3 is 0 Å². The zero-order chi connectivity index (χ0) is 62.6. The van der Waals surface area contributed by atoms with E-state index >= 15 is 0 Å². The number of para-hydroxylation sites is 3. The number of pyridine rings is 1. The van der Waals surface area contributed by atoms with Crippen molar-refractivity contribution < 1.29 is 13.0 Å². The zero-order valence-electron chi connectivity index (χ0n) is 55.4. The number of fused-ring (bicyclic) bond motifs is 4. The average Bonchev–Trinajstić information content (AvgIpc) is 1.55. The van der Waals surface area contributed by atoms with E-state index in [2.05, 4.69) is 202 Å². The number of benzene rings is 9. The fourth-order valence-electron chi connectivity index (χ4n) is 11.5. The van der Waals surface area contributed by atoms with E-state index in [1.165, 1.54) is 22.3 Å². The minimum atomic E-state index is -2.46. The van der Waals surface area contributed by atoms with Crippen molar-refractivity contribution in [1.82, 2.24) is 9.55 Å². The Hall–Kier alpha value is -8.67. The molecular formula is C77H76N4O. The van der Waals surface area contributed by atoms with Crippen LogP contribution >= 0.6 is 0 Å². The predicted octanol–water partition coefficient (Wildman–Crippen LogP) is 21.4. The van der Waals surface area contributed by atoms with Crippen LogP contribution in [0.5, 0.6) is 11.5 Å². The molecule has 12 rings (SSSR count). The standard InChI is InChI=1S/C77H76N4O/c1-50-40-72(78-48-67(50)55-24-20-27-58(43-55)76(8,9)10)81-68-31-15-14-30-63(68)64-39-38-62(47-71(64)81)82-61-29-21-28-60(46-61)79-49-80(70-33-17-16-32-69(70)79)73-65(52-36-34-51(35-37-52)53-22-18-25-56(41-53)74(2,3)4)44-59(77(11,12)13)45-66(73)54-23-19-26-57(42-54)75(5,6)7/h14-48H,49H2,1-13H3/i1D3,21D,28D,29D. The Morgan fingerprint density at radius 2 is 0.988 bits per heavy atom. The van der Waals surface area contributed by atoms with Crippen molar-refractivity contribution in [3.8, 4) is 61.8 Å². The molecule has 0 spiro atoms. The van der Waals surface area contributed by atoms with Crippen LogP contribution in [0.3, 0.4) is 0 Å². The van der Waals surface area contributed by atoms with Crippen LogP contribution in [-0.4, -0.2) is 16.2 Å². The molecule has 1 aliphatic rings. The van der Waals surface area contributed by atoms with Gasteiger partial charge in [0.05, 0.1) is 32.2 Å². The number of aromatic nitrogens is 2. The molecule has 1 aliphatic heterocycles. The molecule has 3 heterocycles. The molecule has 11 aromatic rings. The van der Waals surface area contributed by atoms with Crippen molar-refractivity contribution in [2.24, 2.45) is 0 Å². The SMILES string of the molecule is [2H]c1c(Oc2ccc3c4ccccc4n(-c4cc(C([2H])([2H])[2H])c(-c5cccc(C(C)(C)C)c5)cn4)c3c2)cc(N2CN(c3c(-c4ccc(-c5cccc(C(C)(C)C)c5)cc4)cc(C(C)(C)C)cc3-c3cccc(C(C)(C)C)c3)c3ccccc32)c([2H])c1[2H]. The lowest BCUT2D eigenvalue weighted by Crippen LogP contribution is -2.25. The molecule has 0 saturated carbocycles. The van der Waals surface area contributed by atoms with Gasteiger partial charge in [-0.3, -0.25) is 4.57 Å². The summed E-state index contributed by atoms with van der Waals surface area (Å²) in [6.07, 6.45) is 1.67. The van der Waals surface area contributed by atoms with E-state index in [9.17, 15) is 4.11 Å². The second kappa shape index (κ2) is 20.4. The van der Waals surface area contributed by atoms with Gasteiger partial charge in [-0.25, -0.2) is 4.98 Å². The van der Waals surface area contributed by atoms with Gasteiger partial charge in [0, 0.05) is 55.6 Å². The van der Waals surface area contributed by atoms with E-state index in [0.29, 0.717) is 28.3 Å². The van der Waals surface area contributed by atoms with Gasteiger partial charge in [-0.05, 0) is 145 Å². The van der Waals surface area contributed by atoms with Gasteiger partial charge in [0.2, 0.25) is 0 Å². The van der Waals surface area contributed by atoms with Gasteiger partial charge in [-0.2, -0.15) is 0 Å². The second-order valence-corrected chi connectivity index (χ2v) is 26.2. The monoisotopic (exact) mass is 1080 g/mol. The summed E-state index contributed by atoms with van der Waals surface area (Å²) in [7, 11) is 0. The first-order chi connectivity index (χ1) is 41.5. The van der Waals surface area contributed by atoms with E-state index in [1.54, 1.807) is 18.3 Å². The highest BCUT2D eigenvalue weighted by Crippen LogP contribution is 2.52. The Morgan fingerprint density at radius 3 is 1.62 bits per heavy atom. The summed E-state index contributed by atoms with van der Waals surface area (Å²) in [5.74, 6) is 0.932. The zero-order valence-corrected chi connectivity index (χ0v) is 49.4. The van der Waals surface area contributed by atoms with Crippen LogP contribution in [0.2, 0.25) is 0 Å². The first kappa shape index (κ1) is 47.0. The number of ether oxygens (including phenoxy) is 1. The Bertz CT molecular complexity index is 4530. The number of hydrogen-bond donors (Lipinski definition) is 0. The fourth-order valence-corrected chi connectivity index (χ4v) is 11.5. The summed E-state index contributed by atoms with van der Waals surface area (Å²) in [6, 6.07) is 64.2. The van der Waals surface area contributed by atoms with E-state index in [0.717, 1.165) is 72.3 Å². The molecule has 0 amide bonds. The summed E-state index contributed by atoms with van der Waals surface area (Å²) in [6.45, 7) is 24.5. The van der Waals surface area contributed by atoms with Gasteiger partial charge in [-0.15, -0.1) is 0 Å². The van der Waals surface area contributed by atoms with Crippen LogP contribution in [0.25, 0.3) is 72.1 Å². The van der Waals surface area contributed by atoms with Crippen LogP contribution in [-0.2, 0) is 21.7 Å². The third-order valence-corrected chi connectivity index (χ3v) is 16.3. The summed E-state index contributed by atoms with van der Waals surface area (Å²) in [4.78, 5) is 9.42. The predicted molar refractivity (Wildman–Crippen MR) is 348 cm³/mol. The molecule has 2 aromatic heterocycles. The van der Waals surface area contributed by atoms with Crippen LogP contribution in [0.4, 0.5) is 22.7 Å². The van der Waals surface area contributed by atoms with Crippen molar-refractivity contribution in [3.05, 3.63) is 240 Å². The Morgan fingerprint density at radius 1 is 0.439 bits per heavy atom. The van der Waals surface area contributed by atoms with Gasteiger partial charge < -0.3 is 14.5 Å². The Kier molecular flexibility index (Phi) is 11.7. The molecule has 0 atom stereocenters. The average molecular weight is 1080 g/mol. The minimum Gasteiger partial charge on any atom is -0.457 e. The lowest BCUT2D eigenvalue weighted by Gasteiger charge is -2.31. The van der Waals surface area contributed by atoms with Crippen molar-refractivity contribution in [3.63, 3.8) is 0 Å². The topological polar surface area (TPSA) is 33.5 Å². The number of hydrogen-bond acceptors (Lipinski definition) is 4. The van der Waals surface area contributed by atoms with E-state index in [-0.39, 0.29) is 57.8 Å². The molecule has 0 radical (unpaired) electrons. The third-order valence-electron chi connectivity index (χ3n) is 16.3. The van der Waals surface area contributed by atoms with Crippen molar-refractivity contribution >= 4 is 44.6 Å². The normalized spacial score (nSPS) is 14.3. The smallest absolute Gasteiger partial charge is 0.137 e. The number of rotatable bonds is 9. The summed E-state index contributed by atoms with van der Waals surface area (Å²) in [5.41, 5.74) is 17.2. The molecule has 5 heteroatoms. The van der Waals surface area contributed by atoms with Crippen molar-refractivity contribution in [2.45, 2.75) is 112 Å². The summed E-state index contributed by atoms with van der Waals surface area (Å²) >= 11 is 0. The molecule has 410 valence electrons. The van der Waals surface area contributed by atoms with Crippen LogP contribution in [0.1, 0.15) is 119 Å². The first-order valence-corrected chi connectivity index (χ1v) is 28.6. The molecule has 0 saturated heterocycles.